The van der Waals surface area contributed by atoms with E-state index >= 15 is 0 Å². The molecule has 2 fully saturated rings. The van der Waals surface area contributed by atoms with Crippen molar-refractivity contribution >= 4 is 11.8 Å². The Bertz CT molecular complexity index is 272. The number of nitrogens with zero attached hydrogens (tertiary/aromatic N) is 1. The van der Waals surface area contributed by atoms with E-state index in [1.54, 1.807) is 0 Å². The van der Waals surface area contributed by atoms with E-state index in [2.05, 4.69) is 5.32 Å². The SMILES string of the molecule is CC1NCC(=O)N(CC2CCCC2)C1=O. The van der Waals surface area contributed by atoms with Gasteiger partial charge in [0.25, 0.3) is 0 Å². The maximum absolute atomic E-state index is 11.8. The van der Waals surface area contributed by atoms with E-state index in [0.717, 1.165) is 0 Å². The summed E-state index contributed by atoms with van der Waals surface area (Å²) >= 11 is 0. The van der Waals surface area contributed by atoms with Crippen molar-refractivity contribution in [2.24, 2.45) is 5.92 Å². The largest absolute Gasteiger partial charge is 0.298 e. The van der Waals surface area contributed by atoms with Gasteiger partial charge in [0.15, 0.2) is 0 Å². The topological polar surface area (TPSA) is 49.4 Å². The fraction of sp³-hybridized carbons (Fsp3) is 0.818. The standard InChI is InChI=1S/C11H18N2O2/c1-8-11(15)13(10(14)6-12-8)7-9-4-2-3-5-9/h8-9,12H,2-7H2,1H3. The summed E-state index contributed by atoms with van der Waals surface area (Å²) in [7, 11) is 0. The van der Waals surface area contributed by atoms with Crippen molar-refractivity contribution in [1.29, 1.82) is 0 Å². The van der Waals surface area contributed by atoms with Crippen LogP contribution in [0.5, 0.6) is 0 Å². The number of amides is 2. The Morgan fingerprint density at radius 1 is 1.33 bits per heavy atom. The number of hydrogen-bond acceptors (Lipinski definition) is 3. The first-order chi connectivity index (χ1) is 7.18. The zero-order valence-corrected chi connectivity index (χ0v) is 9.16. The van der Waals surface area contributed by atoms with Crippen LogP contribution in [-0.4, -0.2) is 35.8 Å². The fourth-order valence-electron chi connectivity index (χ4n) is 2.42. The van der Waals surface area contributed by atoms with Crippen molar-refractivity contribution in [2.45, 2.75) is 38.6 Å². The van der Waals surface area contributed by atoms with Gasteiger partial charge in [-0.15, -0.1) is 0 Å². The van der Waals surface area contributed by atoms with Gasteiger partial charge < -0.3 is 0 Å². The van der Waals surface area contributed by atoms with Gasteiger partial charge in [0, 0.05) is 6.54 Å². The highest BCUT2D eigenvalue weighted by Crippen LogP contribution is 2.26. The Hall–Kier alpha value is -0.900. The molecule has 1 aliphatic heterocycles. The Kier molecular flexibility index (Phi) is 3.05. The van der Waals surface area contributed by atoms with Crippen LogP contribution in [0.1, 0.15) is 32.6 Å². The lowest BCUT2D eigenvalue weighted by molar-refractivity contribution is -0.149. The molecule has 0 radical (unpaired) electrons. The third-order valence-corrected chi connectivity index (χ3v) is 3.41. The lowest BCUT2D eigenvalue weighted by Crippen LogP contribution is -2.57. The fourth-order valence-corrected chi connectivity index (χ4v) is 2.42. The van der Waals surface area contributed by atoms with Crippen molar-refractivity contribution < 1.29 is 9.59 Å². The van der Waals surface area contributed by atoms with Crippen molar-refractivity contribution in [3.63, 3.8) is 0 Å². The van der Waals surface area contributed by atoms with Crippen LogP contribution in [0.2, 0.25) is 0 Å². The molecule has 2 amide bonds. The molecule has 1 heterocycles. The van der Waals surface area contributed by atoms with Gasteiger partial charge in [0.05, 0.1) is 12.6 Å². The van der Waals surface area contributed by atoms with Gasteiger partial charge >= 0.3 is 0 Å². The zero-order chi connectivity index (χ0) is 10.8. The highest BCUT2D eigenvalue weighted by atomic mass is 16.2. The molecular weight excluding hydrogens is 192 g/mol. The van der Waals surface area contributed by atoms with E-state index in [1.807, 2.05) is 6.92 Å². The molecule has 1 aliphatic carbocycles. The molecule has 4 heteroatoms. The highest BCUT2D eigenvalue weighted by molar-refractivity contribution is 6.00. The van der Waals surface area contributed by atoms with Gasteiger partial charge in [-0.2, -0.15) is 0 Å². The predicted molar refractivity (Wildman–Crippen MR) is 56.1 cm³/mol. The number of piperazine rings is 1. The summed E-state index contributed by atoms with van der Waals surface area (Å²) in [4.78, 5) is 24.8. The molecule has 15 heavy (non-hydrogen) atoms. The third kappa shape index (κ3) is 2.20. The molecule has 0 aromatic heterocycles. The first-order valence-electron chi connectivity index (χ1n) is 5.76. The van der Waals surface area contributed by atoms with Crippen molar-refractivity contribution in [3.8, 4) is 0 Å². The Morgan fingerprint density at radius 3 is 2.67 bits per heavy atom. The molecule has 0 aromatic carbocycles. The van der Waals surface area contributed by atoms with E-state index in [-0.39, 0.29) is 17.9 Å². The lowest BCUT2D eigenvalue weighted by atomic mass is 10.1. The first kappa shape index (κ1) is 10.6. The average molecular weight is 210 g/mol. The zero-order valence-electron chi connectivity index (χ0n) is 9.16. The highest BCUT2D eigenvalue weighted by Gasteiger charge is 2.33. The van der Waals surface area contributed by atoms with Crippen LogP contribution in [0.15, 0.2) is 0 Å². The number of carbonyl (C=O) groups is 2. The van der Waals surface area contributed by atoms with Crippen LogP contribution < -0.4 is 5.32 Å². The normalized spacial score (nSPS) is 28.9. The molecule has 2 rings (SSSR count). The molecule has 0 spiro atoms. The second-order valence-corrected chi connectivity index (χ2v) is 4.60. The maximum atomic E-state index is 11.8. The van der Waals surface area contributed by atoms with Crippen molar-refractivity contribution in [2.75, 3.05) is 13.1 Å². The van der Waals surface area contributed by atoms with E-state index in [0.29, 0.717) is 19.0 Å². The maximum Gasteiger partial charge on any atom is 0.246 e. The van der Waals surface area contributed by atoms with E-state index in [4.69, 9.17) is 0 Å². The number of nitrogens with one attached hydrogen (secondary N) is 1. The van der Waals surface area contributed by atoms with Crippen molar-refractivity contribution in [1.82, 2.24) is 10.2 Å². The van der Waals surface area contributed by atoms with Crippen LogP contribution in [0.3, 0.4) is 0 Å². The van der Waals surface area contributed by atoms with Crippen LogP contribution >= 0.6 is 0 Å². The Labute approximate surface area is 90.0 Å². The minimum Gasteiger partial charge on any atom is -0.298 e. The molecule has 1 saturated heterocycles. The molecule has 0 bridgehead atoms. The Balaban J connectivity index is 1.98. The van der Waals surface area contributed by atoms with Crippen LogP contribution in [0.25, 0.3) is 0 Å². The summed E-state index contributed by atoms with van der Waals surface area (Å²) in [5.74, 6) is 0.423. The second kappa shape index (κ2) is 4.31. The predicted octanol–water partition coefficient (Wildman–Crippen LogP) is 0.523. The molecule has 1 unspecified atom stereocenters. The van der Waals surface area contributed by atoms with Crippen molar-refractivity contribution in [3.05, 3.63) is 0 Å². The molecule has 0 aromatic rings. The molecule has 4 nitrogen and oxygen atoms in total. The van der Waals surface area contributed by atoms with Crippen LogP contribution in [0, 0.1) is 5.92 Å². The van der Waals surface area contributed by atoms with Gasteiger partial charge in [0.1, 0.15) is 0 Å². The summed E-state index contributed by atoms with van der Waals surface area (Å²) in [5.41, 5.74) is 0. The van der Waals surface area contributed by atoms with Gasteiger partial charge in [-0.3, -0.25) is 19.8 Å². The average Bonchev–Trinajstić information content (AvgIpc) is 2.71. The number of hydrogen-bond donors (Lipinski definition) is 1. The smallest absolute Gasteiger partial charge is 0.246 e. The summed E-state index contributed by atoms with van der Waals surface area (Å²) in [6, 6.07) is -0.205. The molecule has 1 atom stereocenters. The van der Waals surface area contributed by atoms with E-state index < -0.39 is 0 Å². The molecule has 84 valence electrons. The molecule has 1 N–H and O–H groups in total. The van der Waals surface area contributed by atoms with E-state index in [9.17, 15) is 9.59 Å². The lowest BCUT2D eigenvalue weighted by Gasteiger charge is -2.31. The summed E-state index contributed by atoms with van der Waals surface area (Å²) in [6.07, 6.45) is 4.82. The monoisotopic (exact) mass is 210 g/mol. The minimum absolute atomic E-state index is 0.0573. The van der Waals surface area contributed by atoms with E-state index in [1.165, 1.54) is 30.6 Å². The van der Waals surface area contributed by atoms with Crippen LogP contribution in [0.4, 0.5) is 0 Å². The minimum atomic E-state index is -0.205. The number of imide groups is 1. The van der Waals surface area contributed by atoms with Gasteiger partial charge in [-0.25, -0.2) is 0 Å². The third-order valence-electron chi connectivity index (χ3n) is 3.41. The number of carbonyl (C=O) groups excluding carboxylic acids is 2. The summed E-state index contributed by atoms with van der Waals surface area (Å²) < 4.78 is 0. The molecule has 2 aliphatic rings. The van der Waals surface area contributed by atoms with Crippen LogP contribution in [-0.2, 0) is 9.59 Å². The van der Waals surface area contributed by atoms with Gasteiger partial charge in [0.2, 0.25) is 11.8 Å². The summed E-state index contributed by atoms with van der Waals surface area (Å²) in [5, 5.41) is 2.90. The van der Waals surface area contributed by atoms with Gasteiger partial charge in [-0.1, -0.05) is 12.8 Å². The first-order valence-corrected chi connectivity index (χ1v) is 5.76. The Morgan fingerprint density at radius 2 is 2.00 bits per heavy atom. The molecular formula is C11H18N2O2. The molecule has 1 saturated carbocycles. The quantitative estimate of drug-likeness (QED) is 0.676. The van der Waals surface area contributed by atoms with Gasteiger partial charge in [-0.05, 0) is 25.7 Å². The number of rotatable bonds is 2. The summed E-state index contributed by atoms with van der Waals surface area (Å²) in [6.45, 7) is 2.76. The second-order valence-electron chi connectivity index (χ2n) is 4.60.